The van der Waals surface area contributed by atoms with Crippen LogP contribution in [-0.4, -0.2) is 72.0 Å². The molecule has 4 atom stereocenters. The third kappa shape index (κ3) is 4.73. The third-order valence-corrected chi connectivity index (χ3v) is 8.19. The smallest absolute Gasteiger partial charge is 0.301 e. The number of nitrogens with zero attached hydrogens (tertiary/aromatic N) is 3. The summed E-state index contributed by atoms with van der Waals surface area (Å²) in [7, 11) is -1.19. The Morgan fingerprint density at radius 3 is 2.79 bits per heavy atom. The molecule has 2 aromatic heterocycles. The molecule has 2 saturated heterocycles. The van der Waals surface area contributed by atoms with E-state index in [4.69, 9.17) is 30.5 Å². The maximum absolute atomic E-state index is 9.95. The second-order valence-corrected chi connectivity index (χ2v) is 15.6. The van der Waals surface area contributed by atoms with Crippen LogP contribution in [0.2, 0.25) is 30.7 Å². The third-order valence-electron chi connectivity index (χ3n) is 5.05. The first-order chi connectivity index (χ1) is 13.7. The number of pyridine rings is 1. The summed E-state index contributed by atoms with van der Waals surface area (Å²) in [6.45, 7) is 8.48. The van der Waals surface area contributed by atoms with Crippen LogP contribution in [0, 0.1) is 3.70 Å². The molecule has 0 amide bonds. The fourth-order valence-electron chi connectivity index (χ4n) is 3.40. The number of hydrogen-bond donors (Lipinski definition) is 1. The topological polar surface area (TPSA) is 87.9 Å². The van der Waals surface area contributed by atoms with Crippen LogP contribution < -0.4 is 4.74 Å². The van der Waals surface area contributed by atoms with E-state index in [0.717, 1.165) is 6.04 Å². The number of aliphatic hydroxyl groups excluding tert-OH is 1. The standard InChI is InChI=1S/C18H25ClIN3O5Si/c1-29(2,3)5-4-25-9-23-17-11(6-10(19)16(20)22-17)21-18(23)28-13-8-27-14-12(24)7-26-15(13)14/h6,12-15,24H,4-5,7-9H2,1-3H3/q-1/t12?,13-,14?,15-/m1/s1. The number of rotatable bonds is 7. The van der Waals surface area contributed by atoms with Gasteiger partial charge in [-0.25, -0.2) is 4.98 Å². The van der Waals surface area contributed by atoms with E-state index in [0.29, 0.717) is 39.1 Å². The zero-order chi connectivity index (χ0) is 20.8. The van der Waals surface area contributed by atoms with E-state index in [1.165, 1.54) is 0 Å². The molecule has 0 spiro atoms. The van der Waals surface area contributed by atoms with Gasteiger partial charge in [-0.15, -0.1) is 14.1 Å². The Kier molecular flexibility index (Phi) is 6.41. The minimum Gasteiger partial charge on any atom is -0.456 e. The van der Waals surface area contributed by atoms with Crippen LogP contribution in [0.4, 0.5) is 0 Å². The van der Waals surface area contributed by atoms with Gasteiger partial charge in [0.05, 0.1) is 18.2 Å². The molecule has 0 saturated carbocycles. The second kappa shape index (κ2) is 8.56. The van der Waals surface area contributed by atoms with Gasteiger partial charge in [0.25, 0.3) is 0 Å². The van der Waals surface area contributed by atoms with E-state index in [2.05, 4.69) is 52.2 Å². The second-order valence-electron chi connectivity index (χ2n) is 8.59. The summed E-state index contributed by atoms with van der Waals surface area (Å²) in [5, 5.41) is 10.5. The van der Waals surface area contributed by atoms with Gasteiger partial charge in [0.15, 0.2) is 11.8 Å². The minimum atomic E-state index is -1.19. The molecule has 4 heterocycles. The maximum atomic E-state index is 9.95. The summed E-state index contributed by atoms with van der Waals surface area (Å²) in [5.41, 5.74) is 1.30. The number of aliphatic hydroxyl groups is 1. The van der Waals surface area contributed by atoms with Gasteiger partial charge in [-0.05, 0) is 28.7 Å². The molecule has 2 aliphatic rings. The maximum Gasteiger partial charge on any atom is 0.301 e. The first-order valence-corrected chi connectivity index (χ1v) is 14.8. The van der Waals surface area contributed by atoms with Crippen molar-refractivity contribution in [2.75, 3.05) is 19.8 Å². The SMILES string of the molecule is C[Si-](C)(C)CCOCn1c(O[C@@H]2COC3C(O)CO[C@@H]32)nc2cc(Cl)c(I)nc21. The van der Waals surface area contributed by atoms with E-state index < -0.39 is 14.2 Å². The molecule has 8 nitrogen and oxygen atoms in total. The highest BCUT2D eigenvalue weighted by molar-refractivity contribution is 14.1. The summed E-state index contributed by atoms with van der Waals surface area (Å²) in [6, 6.07) is 3.23. The van der Waals surface area contributed by atoms with Gasteiger partial charge in [0.1, 0.15) is 34.3 Å². The number of imidazole rings is 1. The fourth-order valence-corrected chi connectivity index (χ4v) is 4.69. The predicted octanol–water partition coefficient (Wildman–Crippen LogP) is 2.91. The van der Waals surface area contributed by atoms with Gasteiger partial charge in [-0.3, -0.25) is 4.57 Å². The highest BCUT2D eigenvalue weighted by Crippen LogP contribution is 2.32. The summed E-state index contributed by atoms with van der Waals surface area (Å²) in [6.07, 6.45) is -1.66. The Hall–Kier alpha value is -0.503. The first kappa shape index (κ1) is 21.7. The van der Waals surface area contributed by atoms with Crippen LogP contribution in [0.15, 0.2) is 6.07 Å². The summed E-state index contributed by atoms with van der Waals surface area (Å²) in [4.78, 5) is 9.16. The molecule has 1 N–H and O–H groups in total. The first-order valence-electron chi connectivity index (χ1n) is 9.61. The molecule has 0 radical (unpaired) electrons. The van der Waals surface area contributed by atoms with Crippen molar-refractivity contribution in [3.63, 3.8) is 0 Å². The fraction of sp³-hybridized carbons (Fsp3) is 0.667. The number of hydrogen-bond acceptors (Lipinski definition) is 7. The van der Waals surface area contributed by atoms with E-state index >= 15 is 0 Å². The number of aromatic nitrogens is 3. The van der Waals surface area contributed by atoms with Gasteiger partial charge < -0.3 is 24.1 Å². The van der Waals surface area contributed by atoms with Crippen LogP contribution in [0.1, 0.15) is 0 Å². The van der Waals surface area contributed by atoms with Crippen molar-refractivity contribution >= 4 is 53.4 Å². The Bertz CT molecular complexity index is 892. The number of ether oxygens (including phenoxy) is 4. The summed E-state index contributed by atoms with van der Waals surface area (Å²) < 4.78 is 25.9. The molecule has 2 aliphatic heterocycles. The quantitative estimate of drug-likeness (QED) is 0.244. The molecule has 29 heavy (non-hydrogen) atoms. The van der Waals surface area contributed by atoms with E-state index in [1.807, 2.05) is 4.57 Å². The van der Waals surface area contributed by atoms with Gasteiger partial charge in [-0.2, -0.15) is 24.6 Å². The van der Waals surface area contributed by atoms with Gasteiger partial charge in [-0.1, -0.05) is 11.6 Å². The van der Waals surface area contributed by atoms with Gasteiger partial charge >= 0.3 is 6.01 Å². The van der Waals surface area contributed by atoms with Crippen molar-refractivity contribution in [2.24, 2.45) is 0 Å². The van der Waals surface area contributed by atoms with Crippen LogP contribution in [-0.2, 0) is 20.9 Å². The zero-order valence-electron chi connectivity index (χ0n) is 16.6. The average Bonchev–Trinajstić information content (AvgIpc) is 3.29. The molecule has 11 heteroatoms. The van der Waals surface area contributed by atoms with Crippen LogP contribution >= 0.6 is 34.2 Å². The largest absolute Gasteiger partial charge is 0.456 e. The van der Waals surface area contributed by atoms with Crippen molar-refractivity contribution in [3.8, 4) is 6.01 Å². The highest BCUT2D eigenvalue weighted by Gasteiger charge is 2.48. The predicted molar refractivity (Wildman–Crippen MR) is 119 cm³/mol. The highest BCUT2D eigenvalue weighted by atomic mass is 127. The molecule has 4 rings (SSSR count). The van der Waals surface area contributed by atoms with Crippen molar-refractivity contribution in [3.05, 3.63) is 14.8 Å². The Morgan fingerprint density at radius 1 is 1.28 bits per heavy atom. The Labute approximate surface area is 189 Å². The van der Waals surface area contributed by atoms with Crippen LogP contribution in [0.5, 0.6) is 6.01 Å². The average molecular weight is 554 g/mol. The van der Waals surface area contributed by atoms with E-state index in [9.17, 15) is 5.11 Å². The van der Waals surface area contributed by atoms with E-state index in [-0.39, 0.29) is 31.6 Å². The van der Waals surface area contributed by atoms with Gasteiger partial charge in [0, 0.05) is 6.61 Å². The van der Waals surface area contributed by atoms with Crippen molar-refractivity contribution in [2.45, 2.75) is 56.8 Å². The summed E-state index contributed by atoms with van der Waals surface area (Å²) >= 11 is 8.33. The lowest BCUT2D eigenvalue weighted by atomic mass is 10.1. The lowest BCUT2D eigenvalue weighted by Crippen LogP contribution is -2.35. The minimum absolute atomic E-state index is 0.251. The number of halogens is 2. The normalized spacial score (nSPS) is 27.0. The van der Waals surface area contributed by atoms with E-state index in [1.54, 1.807) is 6.07 Å². The molecular weight excluding hydrogens is 529 g/mol. The molecular formula is C18H25ClIN3O5Si-. The number of fused-ring (bicyclic) bond motifs is 2. The van der Waals surface area contributed by atoms with Crippen molar-refractivity contribution in [1.82, 2.24) is 14.5 Å². The lowest BCUT2D eigenvalue weighted by Gasteiger charge is -2.26. The molecule has 0 aliphatic carbocycles. The summed E-state index contributed by atoms with van der Waals surface area (Å²) in [5.74, 6) is 0. The monoisotopic (exact) mass is 553 g/mol. The zero-order valence-corrected chi connectivity index (χ0v) is 20.5. The van der Waals surface area contributed by atoms with Crippen LogP contribution in [0.25, 0.3) is 11.2 Å². The molecule has 2 unspecified atom stereocenters. The molecule has 2 fully saturated rings. The van der Waals surface area contributed by atoms with Gasteiger partial charge in [0.2, 0.25) is 0 Å². The molecule has 161 valence electrons. The lowest BCUT2D eigenvalue weighted by molar-refractivity contribution is 0.00336. The van der Waals surface area contributed by atoms with Crippen molar-refractivity contribution < 1.29 is 24.1 Å². The molecule has 2 aromatic rings. The molecule has 0 bridgehead atoms. The Balaban J connectivity index is 1.57. The Morgan fingerprint density at radius 2 is 2.03 bits per heavy atom. The van der Waals surface area contributed by atoms with Crippen molar-refractivity contribution in [1.29, 1.82) is 0 Å². The molecule has 0 aromatic carbocycles. The van der Waals surface area contributed by atoms with Crippen LogP contribution in [0.3, 0.4) is 0 Å².